The maximum Gasteiger partial charge on any atom is 0.490 e. The van der Waals surface area contributed by atoms with E-state index >= 15 is 0 Å². The number of likely N-dealkylation sites (N-methyl/N-ethyl adjacent to an activating group) is 1. The Balaban J connectivity index is 0.000000343. The Morgan fingerprint density at radius 2 is 1.35 bits per heavy atom. The number of hydrogen-bond donors (Lipinski definition) is 3. The van der Waals surface area contributed by atoms with Crippen molar-refractivity contribution in [2.24, 2.45) is 0 Å². The van der Waals surface area contributed by atoms with Crippen molar-refractivity contribution in [3.05, 3.63) is 42.2 Å². The molecule has 2 aromatic rings. The van der Waals surface area contributed by atoms with Gasteiger partial charge >= 0.3 is 24.3 Å². The Bertz CT molecular complexity index is 870. The molecule has 3 rings (SSSR count). The van der Waals surface area contributed by atoms with E-state index in [1.165, 1.54) is 18.8 Å². The van der Waals surface area contributed by atoms with E-state index in [9.17, 15) is 26.3 Å². The van der Waals surface area contributed by atoms with Crippen LogP contribution in [0.15, 0.2) is 36.5 Å². The van der Waals surface area contributed by atoms with E-state index in [-0.39, 0.29) is 0 Å². The monoisotopic (exact) mass is 498 g/mol. The Morgan fingerprint density at radius 3 is 1.76 bits per heavy atom. The van der Waals surface area contributed by atoms with Gasteiger partial charge in [-0.3, -0.25) is 4.90 Å². The van der Waals surface area contributed by atoms with E-state index in [1.54, 1.807) is 0 Å². The molecule has 14 heteroatoms. The maximum atomic E-state index is 10.6. The number of imidazole rings is 1. The minimum Gasteiger partial charge on any atom is -0.475 e. The van der Waals surface area contributed by atoms with Crippen molar-refractivity contribution in [2.75, 3.05) is 32.7 Å². The van der Waals surface area contributed by atoms with Crippen molar-refractivity contribution in [3.63, 3.8) is 0 Å². The molecule has 1 aromatic carbocycles. The van der Waals surface area contributed by atoms with Crippen LogP contribution in [0, 0.1) is 0 Å². The standard InChI is InChI=1S/C16H22N4.2C2HF3O2/c1-2-19-8-10-20(11-9-19)13-15-12-17-16(18-15)14-6-4-3-5-7-14;2*3-2(4,5)1(6)7/h3-7,12H,2,8-11,13H2,1H3,(H,17,18);2*(H,6,7). The van der Waals surface area contributed by atoms with Crippen LogP contribution in [-0.2, 0) is 16.1 Å². The van der Waals surface area contributed by atoms with Crippen molar-refractivity contribution >= 4 is 11.9 Å². The highest BCUT2D eigenvalue weighted by Gasteiger charge is 2.38. The number of benzene rings is 1. The molecule has 0 atom stereocenters. The van der Waals surface area contributed by atoms with E-state index in [0.29, 0.717) is 0 Å². The molecule has 34 heavy (non-hydrogen) atoms. The molecule has 1 saturated heterocycles. The van der Waals surface area contributed by atoms with E-state index < -0.39 is 24.3 Å². The summed E-state index contributed by atoms with van der Waals surface area (Å²) in [5.41, 5.74) is 2.35. The fourth-order valence-corrected chi connectivity index (χ4v) is 2.69. The van der Waals surface area contributed by atoms with Gasteiger partial charge in [0.05, 0.1) is 0 Å². The second-order valence-corrected chi connectivity index (χ2v) is 6.94. The number of H-pyrrole nitrogens is 1. The molecule has 0 spiro atoms. The van der Waals surface area contributed by atoms with Crippen LogP contribution in [-0.4, -0.2) is 87.0 Å². The topological polar surface area (TPSA) is 110 Å². The Hall–Kier alpha value is -3.13. The Morgan fingerprint density at radius 1 is 0.912 bits per heavy atom. The summed E-state index contributed by atoms with van der Waals surface area (Å²) in [6.45, 7) is 9.01. The third-order valence-electron chi connectivity index (χ3n) is 4.47. The summed E-state index contributed by atoms with van der Waals surface area (Å²) in [5, 5.41) is 14.2. The highest BCUT2D eigenvalue weighted by Crippen LogP contribution is 2.16. The lowest BCUT2D eigenvalue weighted by Crippen LogP contribution is -2.45. The lowest BCUT2D eigenvalue weighted by atomic mass is 10.2. The van der Waals surface area contributed by atoms with Gasteiger partial charge in [0, 0.05) is 50.2 Å². The maximum absolute atomic E-state index is 10.6. The highest BCUT2D eigenvalue weighted by atomic mass is 19.4. The predicted molar refractivity (Wildman–Crippen MR) is 109 cm³/mol. The number of aromatic nitrogens is 2. The van der Waals surface area contributed by atoms with Gasteiger partial charge in [0.25, 0.3) is 0 Å². The lowest BCUT2D eigenvalue weighted by Gasteiger charge is -2.33. The molecule has 0 radical (unpaired) electrons. The minimum atomic E-state index is -5.08. The number of piperazine rings is 1. The smallest absolute Gasteiger partial charge is 0.475 e. The Kier molecular flexibility index (Phi) is 11.0. The lowest BCUT2D eigenvalue weighted by molar-refractivity contribution is -0.193. The van der Waals surface area contributed by atoms with Crippen molar-refractivity contribution in [1.82, 2.24) is 19.8 Å². The molecular formula is C20H24F6N4O4. The molecule has 190 valence electrons. The molecular weight excluding hydrogens is 474 g/mol. The molecule has 1 aliphatic heterocycles. The van der Waals surface area contributed by atoms with Crippen molar-refractivity contribution in [2.45, 2.75) is 25.8 Å². The number of alkyl halides is 6. The van der Waals surface area contributed by atoms with E-state index in [4.69, 9.17) is 19.8 Å². The van der Waals surface area contributed by atoms with Crippen LogP contribution in [0.4, 0.5) is 26.3 Å². The van der Waals surface area contributed by atoms with Crippen LogP contribution in [0.1, 0.15) is 12.6 Å². The van der Waals surface area contributed by atoms with Gasteiger partial charge in [0.15, 0.2) is 0 Å². The first kappa shape index (κ1) is 28.9. The van der Waals surface area contributed by atoms with Gasteiger partial charge in [-0.05, 0) is 6.54 Å². The van der Waals surface area contributed by atoms with Crippen LogP contribution < -0.4 is 0 Å². The highest BCUT2D eigenvalue weighted by molar-refractivity contribution is 5.73. The van der Waals surface area contributed by atoms with Gasteiger partial charge in [-0.15, -0.1) is 0 Å². The van der Waals surface area contributed by atoms with Crippen LogP contribution in [0.2, 0.25) is 0 Å². The minimum absolute atomic E-state index is 0.966. The molecule has 0 aliphatic carbocycles. The molecule has 0 unspecified atom stereocenters. The van der Waals surface area contributed by atoms with E-state index in [2.05, 4.69) is 38.8 Å². The Labute approximate surface area is 190 Å². The molecule has 0 bridgehead atoms. The molecule has 0 saturated carbocycles. The summed E-state index contributed by atoms with van der Waals surface area (Å²) in [6, 6.07) is 10.3. The summed E-state index contributed by atoms with van der Waals surface area (Å²) in [6.07, 6.45) is -8.20. The summed E-state index contributed by atoms with van der Waals surface area (Å²) >= 11 is 0. The zero-order chi connectivity index (χ0) is 25.9. The third-order valence-corrected chi connectivity index (χ3v) is 4.47. The predicted octanol–water partition coefficient (Wildman–Crippen LogP) is 3.48. The first-order valence-electron chi connectivity index (χ1n) is 9.88. The zero-order valence-corrected chi connectivity index (χ0v) is 18.0. The number of nitrogens with one attached hydrogen (secondary N) is 1. The number of nitrogens with zero attached hydrogens (tertiary/aromatic N) is 3. The van der Waals surface area contributed by atoms with Gasteiger partial charge in [0.1, 0.15) is 5.82 Å². The fraction of sp³-hybridized carbons (Fsp3) is 0.450. The van der Waals surface area contributed by atoms with Crippen molar-refractivity contribution < 1.29 is 46.1 Å². The average Bonchev–Trinajstić information content (AvgIpc) is 3.23. The quantitative estimate of drug-likeness (QED) is 0.554. The molecule has 8 nitrogen and oxygen atoms in total. The summed E-state index contributed by atoms with van der Waals surface area (Å²) in [7, 11) is 0. The van der Waals surface area contributed by atoms with Gasteiger partial charge in [-0.2, -0.15) is 26.3 Å². The second kappa shape index (κ2) is 12.9. The van der Waals surface area contributed by atoms with Crippen LogP contribution in [0.5, 0.6) is 0 Å². The fourth-order valence-electron chi connectivity index (χ4n) is 2.69. The summed E-state index contributed by atoms with van der Waals surface area (Å²) in [4.78, 5) is 30.7. The largest absolute Gasteiger partial charge is 0.490 e. The number of carboxylic acid groups (broad SMARTS) is 2. The molecule has 2 heterocycles. The normalized spacial score (nSPS) is 14.9. The molecule has 3 N–H and O–H groups in total. The van der Waals surface area contributed by atoms with Gasteiger partial charge in [-0.25, -0.2) is 14.6 Å². The van der Waals surface area contributed by atoms with Gasteiger partial charge in [0.2, 0.25) is 0 Å². The van der Waals surface area contributed by atoms with Crippen molar-refractivity contribution in [1.29, 1.82) is 0 Å². The zero-order valence-electron chi connectivity index (χ0n) is 18.0. The average molecular weight is 498 g/mol. The first-order valence-corrected chi connectivity index (χ1v) is 9.88. The number of rotatable bonds is 4. The van der Waals surface area contributed by atoms with Crippen LogP contribution >= 0.6 is 0 Å². The number of aromatic amines is 1. The number of hydrogen-bond acceptors (Lipinski definition) is 5. The van der Waals surface area contributed by atoms with Crippen LogP contribution in [0.3, 0.4) is 0 Å². The number of carboxylic acids is 2. The first-order chi connectivity index (χ1) is 15.7. The van der Waals surface area contributed by atoms with Gasteiger partial charge in [-0.1, -0.05) is 37.3 Å². The molecule has 1 aromatic heterocycles. The number of carbonyl (C=O) groups is 2. The van der Waals surface area contributed by atoms with Crippen LogP contribution in [0.25, 0.3) is 11.4 Å². The van der Waals surface area contributed by atoms with Gasteiger partial charge < -0.3 is 20.1 Å². The summed E-state index contributed by atoms with van der Waals surface area (Å²) < 4.78 is 63.5. The number of halogens is 6. The number of aliphatic carboxylic acids is 2. The molecule has 0 amide bonds. The SMILES string of the molecule is CCN1CCN(Cc2cnc(-c3ccccc3)[nH]2)CC1.O=C(O)C(F)(F)F.O=C(O)C(F)(F)F. The van der Waals surface area contributed by atoms with E-state index in [1.807, 2.05) is 24.4 Å². The third kappa shape index (κ3) is 10.7. The van der Waals surface area contributed by atoms with Crippen molar-refractivity contribution in [3.8, 4) is 11.4 Å². The second-order valence-electron chi connectivity index (χ2n) is 6.94. The molecule has 1 fully saturated rings. The molecule has 1 aliphatic rings. The summed E-state index contributed by atoms with van der Waals surface area (Å²) in [5.74, 6) is -4.55. The van der Waals surface area contributed by atoms with E-state index in [0.717, 1.165) is 37.6 Å².